The standard InChI is InChI=1S/C14H14FNO2S/c1-18-10-5-7-11(8-6-10)19(17)9-12-13(15)3-2-4-14(12)16/h2-8H,9,16H2,1H3. The molecule has 0 bridgehead atoms. The average Bonchev–Trinajstić information content (AvgIpc) is 2.43. The molecular weight excluding hydrogens is 265 g/mol. The minimum absolute atomic E-state index is 0.0604. The number of anilines is 1. The SMILES string of the molecule is COc1ccc(S(=O)Cc2c(N)cccc2F)cc1. The molecule has 2 aromatic carbocycles. The van der Waals surface area contributed by atoms with Gasteiger partial charge in [-0.05, 0) is 36.4 Å². The van der Waals surface area contributed by atoms with Gasteiger partial charge in [0, 0.05) is 16.1 Å². The monoisotopic (exact) mass is 279 g/mol. The van der Waals surface area contributed by atoms with Gasteiger partial charge in [0.2, 0.25) is 0 Å². The summed E-state index contributed by atoms with van der Waals surface area (Å²) < 4.78 is 30.8. The van der Waals surface area contributed by atoms with Gasteiger partial charge in [-0.25, -0.2) is 4.39 Å². The predicted octanol–water partition coefficient (Wildman–Crippen LogP) is 2.72. The average molecular weight is 279 g/mol. The van der Waals surface area contributed by atoms with E-state index >= 15 is 0 Å². The Morgan fingerprint density at radius 3 is 2.47 bits per heavy atom. The number of ether oxygens (including phenoxy) is 1. The Hall–Kier alpha value is -1.88. The van der Waals surface area contributed by atoms with Crippen molar-refractivity contribution in [2.75, 3.05) is 12.8 Å². The largest absolute Gasteiger partial charge is 0.497 e. The summed E-state index contributed by atoms with van der Waals surface area (Å²) in [7, 11) is 0.221. The summed E-state index contributed by atoms with van der Waals surface area (Å²) >= 11 is 0. The minimum atomic E-state index is -1.34. The normalized spacial score (nSPS) is 12.1. The first kappa shape index (κ1) is 13.5. The summed E-state index contributed by atoms with van der Waals surface area (Å²) in [6.07, 6.45) is 0. The van der Waals surface area contributed by atoms with Gasteiger partial charge in [0.1, 0.15) is 11.6 Å². The van der Waals surface area contributed by atoms with Crippen LogP contribution in [-0.2, 0) is 16.6 Å². The first-order chi connectivity index (χ1) is 9.11. The van der Waals surface area contributed by atoms with Crippen LogP contribution in [0.1, 0.15) is 5.56 Å². The van der Waals surface area contributed by atoms with Crippen molar-refractivity contribution in [3.63, 3.8) is 0 Å². The van der Waals surface area contributed by atoms with Crippen molar-refractivity contribution in [3.8, 4) is 5.75 Å². The molecule has 0 spiro atoms. The zero-order chi connectivity index (χ0) is 13.8. The van der Waals surface area contributed by atoms with E-state index in [0.717, 1.165) is 0 Å². The third-order valence-electron chi connectivity index (χ3n) is 2.75. The van der Waals surface area contributed by atoms with Crippen LogP contribution in [0.3, 0.4) is 0 Å². The van der Waals surface area contributed by atoms with Gasteiger partial charge in [0.05, 0.1) is 23.7 Å². The third kappa shape index (κ3) is 3.12. The summed E-state index contributed by atoms with van der Waals surface area (Å²) in [6.45, 7) is 0. The van der Waals surface area contributed by atoms with E-state index in [-0.39, 0.29) is 11.3 Å². The van der Waals surface area contributed by atoms with Crippen molar-refractivity contribution in [1.29, 1.82) is 0 Å². The van der Waals surface area contributed by atoms with Gasteiger partial charge in [0.15, 0.2) is 0 Å². The molecule has 0 radical (unpaired) electrons. The second-order valence-electron chi connectivity index (χ2n) is 3.97. The van der Waals surface area contributed by atoms with Crippen LogP contribution in [0.15, 0.2) is 47.4 Å². The van der Waals surface area contributed by atoms with Gasteiger partial charge < -0.3 is 10.5 Å². The fourth-order valence-corrected chi connectivity index (χ4v) is 2.84. The van der Waals surface area contributed by atoms with E-state index in [1.54, 1.807) is 37.4 Å². The maximum Gasteiger partial charge on any atom is 0.129 e. The highest BCUT2D eigenvalue weighted by atomic mass is 32.2. The molecule has 100 valence electrons. The summed E-state index contributed by atoms with van der Waals surface area (Å²) in [6, 6.07) is 11.3. The smallest absolute Gasteiger partial charge is 0.129 e. The van der Waals surface area contributed by atoms with E-state index in [4.69, 9.17) is 10.5 Å². The Kier molecular flexibility index (Phi) is 4.16. The number of benzene rings is 2. The molecule has 2 rings (SSSR count). The van der Waals surface area contributed by atoms with Crippen LogP contribution in [0.5, 0.6) is 5.75 Å². The molecule has 2 aromatic rings. The molecule has 0 aliphatic rings. The van der Waals surface area contributed by atoms with Gasteiger partial charge in [-0.15, -0.1) is 0 Å². The zero-order valence-corrected chi connectivity index (χ0v) is 11.2. The van der Waals surface area contributed by atoms with Gasteiger partial charge >= 0.3 is 0 Å². The van der Waals surface area contributed by atoms with Crippen molar-refractivity contribution in [2.24, 2.45) is 0 Å². The van der Waals surface area contributed by atoms with Crippen molar-refractivity contribution in [2.45, 2.75) is 10.6 Å². The van der Waals surface area contributed by atoms with Crippen LogP contribution in [0.25, 0.3) is 0 Å². The van der Waals surface area contributed by atoms with Crippen LogP contribution in [0.2, 0.25) is 0 Å². The molecule has 0 saturated heterocycles. The molecule has 0 saturated carbocycles. The molecule has 3 nitrogen and oxygen atoms in total. The number of hydrogen-bond acceptors (Lipinski definition) is 3. The third-order valence-corrected chi connectivity index (χ3v) is 4.10. The van der Waals surface area contributed by atoms with E-state index in [9.17, 15) is 8.60 Å². The Morgan fingerprint density at radius 2 is 1.89 bits per heavy atom. The lowest BCUT2D eigenvalue weighted by Crippen LogP contribution is -2.03. The van der Waals surface area contributed by atoms with Crippen molar-refractivity contribution < 1.29 is 13.3 Å². The molecule has 0 aliphatic carbocycles. The van der Waals surface area contributed by atoms with Crippen LogP contribution < -0.4 is 10.5 Å². The number of halogens is 1. The van der Waals surface area contributed by atoms with Crippen molar-refractivity contribution in [1.82, 2.24) is 0 Å². The van der Waals surface area contributed by atoms with E-state index in [1.807, 2.05) is 0 Å². The van der Waals surface area contributed by atoms with Crippen LogP contribution in [-0.4, -0.2) is 11.3 Å². The first-order valence-electron chi connectivity index (χ1n) is 5.67. The highest BCUT2D eigenvalue weighted by molar-refractivity contribution is 7.84. The van der Waals surface area contributed by atoms with E-state index in [1.165, 1.54) is 12.1 Å². The fourth-order valence-electron chi connectivity index (χ4n) is 1.67. The lowest BCUT2D eigenvalue weighted by molar-refractivity contribution is 0.414. The summed E-state index contributed by atoms with van der Waals surface area (Å²) in [5.74, 6) is 0.318. The molecule has 2 N–H and O–H groups in total. The maximum absolute atomic E-state index is 13.6. The molecule has 0 fully saturated rings. The molecule has 1 unspecified atom stereocenters. The number of nitrogen functional groups attached to an aromatic ring is 1. The Bertz CT molecular complexity index is 579. The number of methoxy groups -OCH3 is 1. The Labute approximate surface area is 113 Å². The molecule has 19 heavy (non-hydrogen) atoms. The number of hydrogen-bond donors (Lipinski definition) is 1. The quantitative estimate of drug-likeness (QED) is 0.875. The fraction of sp³-hybridized carbons (Fsp3) is 0.143. The first-order valence-corrected chi connectivity index (χ1v) is 6.99. The van der Waals surface area contributed by atoms with E-state index < -0.39 is 16.6 Å². The summed E-state index contributed by atoms with van der Waals surface area (Å²) in [5.41, 5.74) is 6.31. The van der Waals surface area contributed by atoms with Crippen LogP contribution in [0, 0.1) is 5.82 Å². The summed E-state index contributed by atoms with van der Waals surface area (Å²) in [4.78, 5) is 0.614. The molecule has 0 heterocycles. The predicted molar refractivity (Wildman–Crippen MR) is 73.9 cm³/mol. The second kappa shape index (κ2) is 5.84. The molecule has 5 heteroatoms. The molecule has 0 aromatic heterocycles. The van der Waals surface area contributed by atoms with Gasteiger partial charge in [0.25, 0.3) is 0 Å². The Morgan fingerprint density at radius 1 is 1.21 bits per heavy atom. The highest BCUT2D eigenvalue weighted by Gasteiger charge is 2.11. The number of rotatable bonds is 4. The van der Waals surface area contributed by atoms with E-state index in [2.05, 4.69) is 0 Å². The van der Waals surface area contributed by atoms with Crippen LogP contribution in [0.4, 0.5) is 10.1 Å². The van der Waals surface area contributed by atoms with Gasteiger partial charge in [-0.2, -0.15) is 0 Å². The maximum atomic E-state index is 13.6. The number of nitrogens with two attached hydrogens (primary N) is 1. The van der Waals surface area contributed by atoms with Crippen LogP contribution >= 0.6 is 0 Å². The molecule has 0 amide bonds. The van der Waals surface area contributed by atoms with E-state index in [0.29, 0.717) is 16.3 Å². The highest BCUT2D eigenvalue weighted by Crippen LogP contribution is 2.21. The lowest BCUT2D eigenvalue weighted by Gasteiger charge is -2.07. The summed E-state index contributed by atoms with van der Waals surface area (Å²) in [5, 5.41) is 0. The van der Waals surface area contributed by atoms with Gasteiger partial charge in [-0.3, -0.25) is 4.21 Å². The minimum Gasteiger partial charge on any atom is -0.497 e. The van der Waals surface area contributed by atoms with Gasteiger partial charge in [-0.1, -0.05) is 6.07 Å². The van der Waals surface area contributed by atoms with Crippen molar-refractivity contribution >= 4 is 16.5 Å². The molecular formula is C14H14FNO2S. The second-order valence-corrected chi connectivity index (χ2v) is 5.42. The topological polar surface area (TPSA) is 52.3 Å². The zero-order valence-electron chi connectivity index (χ0n) is 10.4. The Balaban J connectivity index is 2.20. The van der Waals surface area contributed by atoms with Crippen molar-refractivity contribution in [3.05, 3.63) is 53.8 Å². The lowest BCUT2D eigenvalue weighted by atomic mass is 10.2. The molecule has 1 atom stereocenters. The molecule has 0 aliphatic heterocycles.